The van der Waals surface area contributed by atoms with Crippen LogP contribution in [0.15, 0.2) is 84.9 Å². The molecule has 0 atom stereocenters. The number of hydrogen-bond donors (Lipinski definition) is 1. The summed E-state index contributed by atoms with van der Waals surface area (Å²) in [7, 11) is 0. The molecule has 0 bridgehead atoms. The molecule has 0 radical (unpaired) electrons. The molecule has 1 fully saturated rings. The predicted octanol–water partition coefficient (Wildman–Crippen LogP) is 4.60. The highest BCUT2D eigenvalue weighted by molar-refractivity contribution is 6.01. The van der Waals surface area contributed by atoms with Crippen molar-refractivity contribution in [2.45, 2.75) is 24.9 Å². The van der Waals surface area contributed by atoms with Crippen molar-refractivity contribution >= 4 is 18.3 Å². The zero-order chi connectivity index (χ0) is 23.8. The first-order valence-electron chi connectivity index (χ1n) is 11.4. The van der Waals surface area contributed by atoms with Crippen LogP contribution in [0.5, 0.6) is 0 Å². The summed E-state index contributed by atoms with van der Waals surface area (Å²) >= 11 is 0. The van der Waals surface area contributed by atoms with E-state index < -0.39 is 0 Å². The van der Waals surface area contributed by atoms with Gasteiger partial charge in [0.05, 0.1) is 0 Å². The van der Waals surface area contributed by atoms with E-state index in [4.69, 9.17) is 4.74 Å². The van der Waals surface area contributed by atoms with Crippen LogP contribution in [0.3, 0.4) is 0 Å². The minimum Gasteiger partial charge on any atom is -0.445 e. The number of carbonyl (C=O) groups is 3. The second-order valence-corrected chi connectivity index (χ2v) is 8.56. The molecule has 1 saturated heterocycles. The summed E-state index contributed by atoms with van der Waals surface area (Å²) in [6.45, 7) is 1.72. The summed E-state index contributed by atoms with van der Waals surface area (Å²) in [6, 6.07) is 26.4. The second-order valence-electron chi connectivity index (χ2n) is 8.56. The molecule has 6 heteroatoms. The van der Waals surface area contributed by atoms with Gasteiger partial charge < -0.3 is 15.0 Å². The average Bonchev–Trinajstić information content (AvgIpc) is 2.91. The molecule has 1 N–H and O–H groups in total. The van der Waals surface area contributed by atoms with Gasteiger partial charge in [-0.3, -0.25) is 9.59 Å². The highest BCUT2D eigenvalue weighted by Crippen LogP contribution is 2.35. The molecule has 3 aromatic carbocycles. The Balaban J connectivity index is 1.43. The molecule has 0 aromatic heterocycles. The van der Waals surface area contributed by atoms with Crippen LogP contribution in [0.25, 0.3) is 0 Å². The van der Waals surface area contributed by atoms with Gasteiger partial charge in [-0.1, -0.05) is 78.9 Å². The van der Waals surface area contributed by atoms with E-state index in [0.29, 0.717) is 49.9 Å². The molecular weight excluding hydrogens is 428 g/mol. The molecule has 1 aliphatic heterocycles. The Morgan fingerprint density at radius 3 is 2.18 bits per heavy atom. The summed E-state index contributed by atoms with van der Waals surface area (Å²) in [5.74, 6) is -0.275. The minimum absolute atomic E-state index is 0.242. The van der Waals surface area contributed by atoms with Gasteiger partial charge in [0, 0.05) is 36.2 Å². The van der Waals surface area contributed by atoms with Crippen LogP contribution in [0.1, 0.15) is 44.7 Å². The van der Waals surface area contributed by atoms with Gasteiger partial charge in [0.2, 0.25) is 0 Å². The van der Waals surface area contributed by atoms with Crippen LogP contribution in [-0.4, -0.2) is 42.8 Å². The van der Waals surface area contributed by atoms with Crippen molar-refractivity contribution in [3.05, 3.63) is 107 Å². The van der Waals surface area contributed by atoms with Gasteiger partial charge in [0.25, 0.3) is 5.91 Å². The highest BCUT2D eigenvalue weighted by Gasteiger charge is 2.38. The van der Waals surface area contributed by atoms with E-state index in [-0.39, 0.29) is 24.0 Å². The number of carbonyl (C=O) groups excluding carboxylic acids is 3. The molecule has 0 saturated carbocycles. The Morgan fingerprint density at radius 1 is 0.882 bits per heavy atom. The van der Waals surface area contributed by atoms with Crippen molar-refractivity contribution in [2.75, 3.05) is 19.6 Å². The van der Waals surface area contributed by atoms with E-state index >= 15 is 0 Å². The normalized spacial score (nSPS) is 14.8. The summed E-state index contributed by atoms with van der Waals surface area (Å²) in [5.41, 5.74) is 2.48. The van der Waals surface area contributed by atoms with E-state index in [9.17, 15) is 14.4 Å². The number of nitrogens with zero attached hydrogens (tertiary/aromatic N) is 1. The lowest BCUT2D eigenvalue weighted by Gasteiger charge is -2.42. The van der Waals surface area contributed by atoms with E-state index in [0.717, 1.165) is 11.1 Å². The van der Waals surface area contributed by atoms with Crippen LogP contribution < -0.4 is 5.32 Å². The predicted molar refractivity (Wildman–Crippen MR) is 130 cm³/mol. The number of nitrogens with one attached hydrogen (secondary N) is 1. The number of piperidine rings is 1. The van der Waals surface area contributed by atoms with E-state index in [1.54, 1.807) is 29.2 Å². The van der Waals surface area contributed by atoms with Gasteiger partial charge in [-0.15, -0.1) is 0 Å². The summed E-state index contributed by atoms with van der Waals surface area (Å²) in [4.78, 5) is 38.6. The Bertz CT molecular complexity index is 1120. The van der Waals surface area contributed by atoms with Gasteiger partial charge in [0.15, 0.2) is 6.29 Å². The van der Waals surface area contributed by atoms with E-state index in [2.05, 4.69) is 17.4 Å². The molecule has 1 heterocycles. The number of likely N-dealkylation sites (tertiary alicyclic amines) is 1. The quantitative estimate of drug-likeness (QED) is 0.527. The Labute approximate surface area is 199 Å². The van der Waals surface area contributed by atoms with Gasteiger partial charge in [-0.25, -0.2) is 4.79 Å². The van der Waals surface area contributed by atoms with Crippen molar-refractivity contribution in [1.82, 2.24) is 10.2 Å². The van der Waals surface area contributed by atoms with Crippen LogP contribution in [0.4, 0.5) is 4.79 Å². The SMILES string of the molecule is O=Cc1ccccc1C(=O)NCC1(c2ccccc2)CCN(C(=O)OCc2ccccc2)CC1. The van der Waals surface area contributed by atoms with Crippen LogP contribution >= 0.6 is 0 Å². The molecule has 1 aliphatic rings. The maximum atomic E-state index is 12.9. The zero-order valence-electron chi connectivity index (χ0n) is 19.0. The summed E-state index contributed by atoms with van der Waals surface area (Å²) in [6.07, 6.45) is 1.75. The largest absolute Gasteiger partial charge is 0.445 e. The average molecular weight is 457 g/mol. The minimum atomic E-state index is -0.325. The maximum absolute atomic E-state index is 12.9. The number of rotatable bonds is 7. The second kappa shape index (κ2) is 10.8. The lowest BCUT2D eigenvalue weighted by Crippen LogP contribution is -2.50. The fourth-order valence-corrected chi connectivity index (χ4v) is 4.44. The lowest BCUT2D eigenvalue weighted by atomic mass is 9.72. The molecule has 4 rings (SSSR count). The lowest BCUT2D eigenvalue weighted by molar-refractivity contribution is 0.0747. The molecule has 0 aliphatic carbocycles. The van der Waals surface area contributed by atoms with Crippen LogP contribution in [0, 0.1) is 0 Å². The summed E-state index contributed by atoms with van der Waals surface area (Å²) in [5, 5.41) is 3.04. The first-order chi connectivity index (χ1) is 16.6. The zero-order valence-corrected chi connectivity index (χ0v) is 19.0. The van der Waals surface area contributed by atoms with Gasteiger partial charge in [-0.05, 0) is 30.0 Å². The van der Waals surface area contributed by atoms with Crippen LogP contribution in [0.2, 0.25) is 0 Å². The van der Waals surface area contributed by atoms with E-state index in [1.165, 1.54) is 0 Å². The van der Waals surface area contributed by atoms with Crippen molar-refractivity contribution in [3.63, 3.8) is 0 Å². The third kappa shape index (κ3) is 5.34. The molecule has 0 spiro atoms. The number of ether oxygens (including phenoxy) is 1. The van der Waals surface area contributed by atoms with E-state index in [1.807, 2.05) is 48.5 Å². The number of benzene rings is 3. The Morgan fingerprint density at radius 2 is 1.50 bits per heavy atom. The topological polar surface area (TPSA) is 75.7 Å². The summed E-state index contributed by atoms with van der Waals surface area (Å²) < 4.78 is 5.51. The fourth-order valence-electron chi connectivity index (χ4n) is 4.44. The third-order valence-electron chi connectivity index (χ3n) is 6.49. The maximum Gasteiger partial charge on any atom is 0.410 e. The molecule has 34 heavy (non-hydrogen) atoms. The first-order valence-corrected chi connectivity index (χ1v) is 11.4. The molecule has 3 aromatic rings. The van der Waals surface area contributed by atoms with Gasteiger partial charge in [0.1, 0.15) is 6.61 Å². The molecule has 0 unspecified atom stereocenters. The third-order valence-corrected chi connectivity index (χ3v) is 6.49. The Hall–Kier alpha value is -3.93. The number of amides is 2. The Kier molecular flexibility index (Phi) is 7.38. The molecule has 2 amide bonds. The van der Waals surface area contributed by atoms with Crippen molar-refractivity contribution in [2.24, 2.45) is 0 Å². The van der Waals surface area contributed by atoms with Crippen molar-refractivity contribution in [1.29, 1.82) is 0 Å². The van der Waals surface area contributed by atoms with Gasteiger partial charge in [-0.2, -0.15) is 0 Å². The first kappa shape index (κ1) is 23.2. The monoisotopic (exact) mass is 456 g/mol. The van der Waals surface area contributed by atoms with Crippen LogP contribution in [-0.2, 0) is 16.8 Å². The standard InChI is InChI=1S/C28H28N2O4/c31-19-23-11-7-8-14-25(23)26(32)29-21-28(24-12-5-2-6-13-24)15-17-30(18-16-28)27(33)34-20-22-9-3-1-4-10-22/h1-14,19H,15-18,20-21H2,(H,29,32). The molecular formula is C28H28N2O4. The number of aldehydes is 1. The van der Waals surface area contributed by atoms with Gasteiger partial charge >= 0.3 is 6.09 Å². The van der Waals surface area contributed by atoms with Crippen molar-refractivity contribution in [3.8, 4) is 0 Å². The smallest absolute Gasteiger partial charge is 0.410 e. The number of hydrogen-bond acceptors (Lipinski definition) is 4. The van der Waals surface area contributed by atoms with Crippen molar-refractivity contribution < 1.29 is 19.1 Å². The highest BCUT2D eigenvalue weighted by atomic mass is 16.6. The molecule has 6 nitrogen and oxygen atoms in total. The molecule has 174 valence electrons. The fraction of sp³-hybridized carbons (Fsp3) is 0.250.